The van der Waals surface area contributed by atoms with Crippen molar-refractivity contribution in [2.75, 3.05) is 0 Å². The summed E-state index contributed by atoms with van der Waals surface area (Å²) in [7, 11) is 0. The van der Waals surface area contributed by atoms with Gasteiger partial charge in [-0.3, -0.25) is 0 Å². The predicted octanol–water partition coefficient (Wildman–Crippen LogP) is 3.76. The zero-order valence-electron chi connectivity index (χ0n) is 8.41. The summed E-state index contributed by atoms with van der Waals surface area (Å²) >= 11 is 7.64. The van der Waals surface area contributed by atoms with Gasteiger partial charge in [0.15, 0.2) is 0 Å². The summed E-state index contributed by atoms with van der Waals surface area (Å²) in [4.78, 5) is 0. The van der Waals surface area contributed by atoms with Crippen molar-refractivity contribution in [3.8, 4) is 0 Å². The van der Waals surface area contributed by atoms with E-state index in [-0.39, 0.29) is 6.04 Å². The van der Waals surface area contributed by atoms with Crippen LogP contribution in [0.3, 0.4) is 0 Å². The summed E-state index contributed by atoms with van der Waals surface area (Å²) < 4.78 is 0. The first-order chi connectivity index (χ1) is 7.18. The van der Waals surface area contributed by atoms with Crippen LogP contribution < -0.4 is 5.73 Å². The predicted molar refractivity (Wildman–Crippen MR) is 66.5 cm³/mol. The van der Waals surface area contributed by atoms with E-state index in [0.29, 0.717) is 0 Å². The van der Waals surface area contributed by atoms with Crippen molar-refractivity contribution in [2.24, 2.45) is 5.73 Å². The highest BCUT2D eigenvalue weighted by atomic mass is 35.5. The lowest BCUT2D eigenvalue weighted by Crippen LogP contribution is -2.10. The number of halogens is 1. The van der Waals surface area contributed by atoms with Crippen LogP contribution >= 0.6 is 22.9 Å². The van der Waals surface area contributed by atoms with Crippen molar-refractivity contribution in [3.63, 3.8) is 0 Å². The molecular weight excluding hydrogens is 226 g/mol. The van der Waals surface area contributed by atoms with Gasteiger partial charge in [-0.2, -0.15) is 11.3 Å². The van der Waals surface area contributed by atoms with Gasteiger partial charge in [0.05, 0.1) is 6.04 Å². The highest BCUT2D eigenvalue weighted by Crippen LogP contribution is 2.25. The van der Waals surface area contributed by atoms with Crippen LogP contribution in [0.15, 0.2) is 35.0 Å². The molecule has 0 saturated carbocycles. The van der Waals surface area contributed by atoms with E-state index in [1.807, 2.05) is 30.5 Å². The molecule has 0 radical (unpaired) electrons. The summed E-state index contributed by atoms with van der Waals surface area (Å²) in [6.07, 6.45) is 0. The lowest BCUT2D eigenvalue weighted by atomic mass is 10.0. The van der Waals surface area contributed by atoms with Crippen molar-refractivity contribution in [1.29, 1.82) is 0 Å². The number of hydrogen-bond donors (Lipinski definition) is 1. The zero-order valence-corrected chi connectivity index (χ0v) is 9.98. The fourth-order valence-electron chi connectivity index (χ4n) is 1.51. The molecule has 1 atom stereocenters. The Morgan fingerprint density at radius 1 is 1.27 bits per heavy atom. The Bertz CT molecular complexity index is 451. The van der Waals surface area contributed by atoms with Crippen molar-refractivity contribution < 1.29 is 0 Å². The molecule has 1 unspecified atom stereocenters. The molecule has 0 fully saturated rings. The van der Waals surface area contributed by atoms with Gasteiger partial charge in [-0.15, -0.1) is 0 Å². The summed E-state index contributed by atoms with van der Waals surface area (Å²) in [6.45, 7) is 1.99. The second kappa shape index (κ2) is 4.35. The van der Waals surface area contributed by atoms with Gasteiger partial charge >= 0.3 is 0 Å². The van der Waals surface area contributed by atoms with E-state index < -0.39 is 0 Å². The number of nitrogens with two attached hydrogens (primary N) is 1. The maximum absolute atomic E-state index is 6.14. The standard InChI is InChI=1S/C12H12ClNS/c1-8-6-9(2-3-11(8)13)12(14)10-4-5-15-7-10/h2-7,12H,14H2,1H3. The third-order valence-electron chi connectivity index (χ3n) is 2.44. The summed E-state index contributed by atoms with van der Waals surface area (Å²) in [5, 5.41) is 4.91. The Morgan fingerprint density at radius 3 is 2.67 bits per heavy atom. The first-order valence-corrected chi connectivity index (χ1v) is 6.04. The summed E-state index contributed by atoms with van der Waals surface area (Å²) in [5.74, 6) is 0. The molecule has 0 bridgehead atoms. The average Bonchev–Trinajstić information content (AvgIpc) is 2.74. The Labute approximate surface area is 98.5 Å². The Morgan fingerprint density at radius 2 is 2.07 bits per heavy atom. The van der Waals surface area contributed by atoms with Crippen LogP contribution in [0.1, 0.15) is 22.7 Å². The van der Waals surface area contributed by atoms with Crippen LogP contribution in [0.25, 0.3) is 0 Å². The van der Waals surface area contributed by atoms with Gasteiger partial charge in [0, 0.05) is 5.02 Å². The van der Waals surface area contributed by atoms with Crippen LogP contribution in [0.2, 0.25) is 5.02 Å². The third kappa shape index (κ3) is 2.23. The van der Waals surface area contributed by atoms with E-state index in [1.165, 1.54) is 0 Å². The normalized spacial score (nSPS) is 12.7. The van der Waals surface area contributed by atoms with Crippen molar-refractivity contribution >= 4 is 22.9 Å². The molecule has 2 rings (SSSR count). The molecule has 0 aliphatic rings. The smallest absolute Gasteiger partial charge is 0.0559 e. The second-order valence-corrected chi connectivity index (χ2v) is 4.73. The van der Waals surface area contributed by atoms with Crippen LogP contribution in [0.4, 0.5) is 0 Å². The Kier molecular flexibility index (Phi) is 3.10. The molecule has 0 spiro atoms. The molecule has 1 heterocycles. The Hall–Kier alpha value is -0.830. The van der Waals surface area contributed by atoms with E-state index in [9.17, 15) is 0 Å². The van der Waals surface area contributed by atoms with E-state index in [0.717, 1.165) is 21.7 Å². The maximum atomic E-state index is 6.14. The second-order valence-electron chi connectivity index (χ2n) is 3.54. The molecular formula is C12H12ClNS. The van der Waals surface area contributed by atoms with Gasteiger partial charge < -0.3 is 5.73 Å². The lowest BCUT2D eigenvalue weighted by molar-refractivity contribution is 0.875. The average molecular weight is 238 g/mol. The van der Waals surface area contributed by atoms with Crippen molar-refractivity contribution in [3.05, 3.63) is 56.7 Å². The van der Waals surface area contributed by atoms with Gasteiger partial charge in [-0.25, -0.2) is 0 Å². The molecule has 0 aliphatic carbocycles. The molecule has 0 aliphatic heterocycles. The molecule has 2 N–H and O–H groups in total. The number of aryl methyl sites for hydroxylation is 1. The van der Waals surface area contributed by atoms with Gasteiger partial charge in [-0.1, -0.05) is 23.7 Å². The first kappa shape index (κ1) is 10.7. The van der Waals surface area contributed by atoms with Crippen molar-refractivity contribution in [2.45, 2.75) is 13.0 Å². The van der Waals surface area contributed by atoms with Gasteiger partial charge in [0.1, 0.15) is 0 Å². The van der Waals surface area contributed by atoms with Crippen LogP contribution in [-0.2, 0) is 0 Å². The highest BCUT2D eigenvalue weighted by molar-refractivity contribution is 7.08. The third-order valence-corrected chi connectivity index (χ3v) is 3.57. The molecule has 0 amide bonds. The van der Waals surface area contributed by atoms with E-state index >= 15 is 0 Å². The molecule has 78 valence electrons. The maximum Gasteiger partial charge on any atom is 0.0559 e. The van der Waals surface area contributed by atoms with Crippen LogP contribution in [0, 0.1) is 6.92 Å². The number of hydrogen-bond acceptors (Lipinski definition) is 2. The molecule has 3 heteroatoms. The minimum Gasteiger partial charge on any atom is -0.320 e. The minimum absolute atomic E-state index is 0.0489. The van der Waals surface area contributed by atoms with Crippen molar-refractivity contribution in [1.82, 2.24) is 0 Å². The highest BCUT2D eigenvalue weighted by Gasteiger charge is 2.09. The van der Waals surface area contributed by atoms with E-state index in [1.54, 1.807) is 11.3 Å². The SMILES string of the molecule is Cc1cc(C(N)c2ccsc2)ccc1Cl. The fraction of sp³-hybridized carbons (Fsp3) is 0.167. The molecule has 2 aromatic rings. The van der Waals surface area contributed by atoms with Crippen LogP contribution in [0.5, 0.6) is 0 Å². The van der Waals surface area contributed by atoms with E-state index in [4.69, 9.17) is 17.3 Å². The van der Waals surface area contributed by atoms with Gasteiger partial charge in [-0.05, 0) is 46.5 Å². The Balaban J connectivity index is 2.34. The zero-order chi connectivity index (χ0) is 10.8. The number of benzene rings is 1. The lowest BCUT2D eigenvalue weighted by Gasteiger charge is -2.11. The topological polar surface area (TPSA) is 26.0 Å². The molecule has 1 nitrogen and oxygen atoms in total. The fourth-order valence-corrected chi connectivity index (χ4v) is 2.32. The summed E-state index contributed by atoms with van der Waals surface area (Å²) in [5.41, 5.74) is 9.47. The molecule has 15 heavy (non-hydrogen) atoms. The number of thiophene rings is 1. The largest absolute Gasteiger partial charge is 0.320 e. The van der Waals surface area contributed by atoms with Crippen LogP contribution in [-0.4, -0.2) is 0 Å². The molecule has 1 aromatic carbocycles. The minimum atomic E-state index is -0.0489. The van der Waals surface area contributed by atoms with Gasteiger partial charge in [0.25, 0.3) is 0 Å². The molecule has 0 saturated heterocycles. The van der Waals surface area contributed by atoms with E-state index in [2.05, 4.69) is 11.4 Å². The molecule has 1 aromatic heterocycles. The summed E-state index contributed by atoms with van der Waals surface area (Å²) in [6, 6.07) is 7.94. The quantitative estimate of drug-likeness (QED) is 0.846. The van der Waals surface area contributed by atoms with Gasteiger partial charge in [0.2, 0.25) is 0 Å². The number of rotatable bonds is 2. The first-order valence-electron chi connectivity index (χ1n) is 4.72. The monoisotopic (exact) mass is 237 g/mol.